The van der Waals surface area contributed by atoms with E-state index in [-0.39, 0.29) is 6.42 Å². The maximum Gasteiger partial charge on any atom is 0.332 e. The molecule has 4 nitrogen and oxygen atoms in total. The Hall–Kier alpha value is -1.39. The van der Waals surface area contributed by atoms with Crippen LogP contribution < -0.4 is 5.73 Å². The lowest BCUT2D eigenvalue weighted by Gasteiger charge is -2.05. The maximum absolute atomic E-state index is 10.4. The van der Waals surface area contributed by atoms with E-state index in [1.807, 2.05) is 12.1 Å². The van der Waals surface area contributed by atoms with Crippen LogP contribution in [0.3, 0.4) is 0 Å². The SMILES string of the molecule is NCc1ccc(CC(O)C(=O)O)cc1. The molecular weight excluding hydrogens is 182 g/mol. The zero-order valence-electron chi connectivity index (χ0n) is 7.68. The van der Waals surface area contributed by atoms with Crippen molar-refractivity contribution in [3.63, 3.8) is 0 Å². The van der Waals surface area contributed by atoms with Crippen molar-refractivity contribution >= 4 is 5.97 Å². The molecule has 0 fully saturated rings. The Morgan fingerprint density at radius 2 is 1.79 bits per heavy atom. The van der Waals surface area contributed by atoms with Crippen LogP contribution in [-0.4, -0.2) is 22.3 Å². The molecule has 1 unspecified atom stereocenters. The highest BCUT2D eigenvalue weighted by Crippen LogP contribution is 2.06. The average molecular weight is 195 g/mol. The van der Waals surface area contributed by atoms with E-state index in [1.165, 1.54) is 0 Å². The van der Waals surface area contributed by atoms with Crippen molar-refractivity contribution in [1.82, 2.24) is 0 Å². The van der Waals surface area contributed by atoms with Crippen LogP contribution in [-0.2, 0) is 17.8 Å². The zero-order chi connectivity index (χ0) is 10.6. The van der Waals surface area contributed by atoms with Crippen LogP contribution in [0.1, 0.15) is 11.1 Å². The summed E-state index contributed by atoms with van der Waals surface area (Å²) in [7, 11) is 0. The van der Waals surface area contributed by atoms with Gasteiger partial charge >= 0.3 is 5.97 Å². The number of hydrogen-bond donors (Lipinski definition) is 3. The topological polar surface area (TPSA) is 83.5 Å². The minimum atomic E-state index is -1.33. The standard InChI is InChI=1S/C10H13NO3/c11-6-8-3-1-7(2-4-8)5-9(12)10(13)14/h1-4,9,12H,5-6,11H2,(H,13,14). The van der Waals surface area contributed by atoms with Crippen LogP contribution in [0.15, 0.2) is 24.3 Å². The van der Waals surface area contributed by atoms with Crippen molar-refractivity contribution in [3.05, 3.63) is 35.4 Å². The van der Waals surface area contributed by atoms with Gasteiger partial charge in [-0.2, -0.15) is 0 Å². The first-order chi connectivity index (χ1) is 6.63. The molecule has 0 aliphatic heterocycles. The lowest BCUT2D eigenvalue weighted by Crippen LogP contribution is -2.21. The molecule has 0 bridgehead atoms. The molecule has 1 aromatic carbocycles. The second-order valence-corrected chi connectivity index (χ2v) is 3.08. The van der Waals surface area contributed by atoms with Gasteiger partial charge in [0, 0.05) is 13.0 Å². The minimum absolute atomic E-state index is 0.125. The van der Waals surface area contributed by atoms with Gasteiger partial charge in [-0.3, -0.25) is 0 Å². The Bertz CT molecular complexity index is 308. The second-order valence-electron chi connectivity index (χ2n) is 3.08. The Morgan fingerprint density at radius 1 is 1.29 bits per heavy atom. The van der Waals surface area contributed by atoms with Crippen LogP contribution in [0.2, 0.25) is 0 Å². The van der Waals surface area contributed by atoms with E-state index >= 15 is 0 Å². The number of carboxylic acids is 1. The number of rotatable bonds is 4. The minimum Gasteiger partial charge on any atom is -0.479 e. The monoisotopic (exact) mass is 195 g/mol. The molecule has 14 heavy (non-hydrogen) atoms. The summed E-state index contributed by atoms with van der Waals surface area (Å²) in [4.78, 5) is 10.4. The van der Waals surface area contributed by atoms with E-state index in [0.717, 1.165) is 11.1 Å². The van der Waals surface area contributed by atoms with Gasteiger partial charge in [0.15, 0.2) is 6.10 Å². The summed E-state index contributed by atoms with van der Waals surface area (Å²) in [6.07, 6.45) is -1.21. The molecule has 76 valence electrons. The fourth-order valence-corrected chi connectivity index (χ4v) is 1.12. The van der Waals surface area contributed by atoms with Gasteiger partial charge < -0.3 is 15.9 Å². The van der Waals surface area contributed by atoms with E-state index in [0.29, 0.717) is 6.54 Å². The van der Waals surface area contributed by atoms with E-state index in [2.05, 4.69) is 0 Å². The Balaban J connectivity index is 2.64. The summed E-state index contributed by atoms with van der Waals surface area (Å²) >= 11 is 0. The van der Waals surface area contributed by atoms with Crippen molar-refractivity contribution in [2.75, 3.05) is 0 Å². The molecular formula is C10H13NO3. The predicted octanol–water partition coefficient (Wildman–Crippen LogP) is 0.133. The van der Waals surface area contributed by atoms with Crippen molar-refractivity contribution in [2.24, 2.45) is 5.73 Å². The summed E-state index contributed by atoms with van der Waals surface area (Å²) in [6, 6.07) is 7.19. The molecule has 4 heteroatoms. The number of hydrogen-bond acceptors (Lipinski definition) is 3. The van der Waals surface area contributed by atoms with Gasteiger partial charge in [-0.25, -0.2) is 4.79 Å². The van der Waals surface area contributed by atoms with Crippen LogP contribution >= 0.6 is 0 Å². The van der Waals surface area contributed by atoms with Crippen LogP contribution in [0.25, 0.3) is 0 Å². The molecule has 0 aromatic heterocycles. The third-order valence-corrected chi connectivity index (χ3v) is 1.97. The Kier molecular flexibility index (Phi) is 3.62. The van der Waals surface area contributed by atoms with Crippen LogP contribution in [0, 0.1) is 0 Å². The number of carbonyl (C=O) groups is 1. The van der Waals surface area contributed by atoms with E-state index in [9.17, 15) is 4.79 Å². The number of nitrogens with two attached hydrogens (primary N) is 1. The highest BCUT2D eigenvalue weighted by Gasteiger charge is 2.13. The molecule has 0 aliphatic rings. The summed E-state index contributed by atoms with van der Waals surface area (Å²) in [5.74, 6) is -1.20. The lowest BCUT2D eigenvalue weighted by molar-refractivity contribution is -0.146. The average Bonchev–Trinajstić information content (AvgIpc) is 2.19. The molecule has 0 aliphatic carbocycles. The fraction of sp³-hybridized carbons (Fsp3) is 0.300. The molecule has 0 saturated carbocycles. The van der Waals surface area contributed by atoms with E-state index in [1.54, 1.807) is 12.1 Å². The molecule has 0 saturated heterocycles. The van der Waals surface area contributed by atoms with E-state index < -0.39 is 12.1 Å². The largest absolute Gasteiger partial charge is 0.479 e. The number of carboxylic acid groups (broad SMARTS) is 1. The summed E-state index contributed by atoms with van der Waals surface area (Å²) in [6.45, 7) is 0.460. The van der Waals surface area contributed by atoms with Gasteiger partial charge in [0.25, 0.3) is 0 Å². The molecule has 1 aromatic rings. The fourth-order valence-electron chi connectivity index (χ4n) is 1.12. The summed E-state index contributed by atoms with van der Waals surface area (Å²) in [5.41, 5.74) is 7.18. The second kappa shape index (κ2) is 4.74. The number of benzene rings is 1. The number of aliphatic hydroxyl groups excluding tert-OH is 1. The van der Waals surface area contributed by atoms with E-state index in [4.69, 9.17) is 15.9 Å². The Labute approximate surface area is 82.0 Å². The Morgan fingerprint density at radius 3 is 2.21 bits per heavy atom. The number of aliphatic hydroxyl groups is 1. The molecule has 1 atom stereocenters. The van der Waals surface area contributed by atoms with Crippen molar-refractivity contribution in [1.29, 1.82) is 0 Å². The van der Waals surface area contributed by atoms with Crippen molar-refractivity contribution < 1.29 is 15.0 Å². The maximum atomic E-state index is 10.4. The number of aliphatic carboxylic acids is 1. The van der Waals surface area contributed by atoms with Gasteiger partial charge in [-0.1, -0.05) is 24.3 Å². The zero-order valence-corrected chi connectivity index (χ0v) is 7.68. The molecule has 4 N–H and O–H groups in total. The highest BCUT2D eigenvalue weighted by atomic mass is 16.4. The van der Waals surface area contributed by atoms with Crippen molar-refractivity contribution in [3.8, 4) is 0 Å². The first-order valence-electron chi connectivity index (χ1n) is 4.32. The van der Waals surface area contributed by atoms with Gasteiger partial charge in [-0.05, 0) is 11.1 Å². The van der Waals surface area contributed by atoms with Crippen LogP contribution in [0.4, 0.5) is 0 Å². The predicted molar refractivity (Wildman–Crippen MR) is 51.7 cm³/mol. The lowest BCUT2D eigenvalue weighted by atomic mass is 10.1. The van der Waals surface area contributed by atoms with Gasteiger partial charge in [0.05, 0.1) is 0 Å². The van der Waals surface area contributed by atoms with Gasteiger partial charge in [-0.15, -0.1) is 0 Å². The highest BCUT2D eigenvalue weighted by molar-refractivity contribution is 5.72. The van der Waals surface area contributed by atoms with Crippen LogP contribution in [0.5, 0.6) is 0 Å². The third kappa shape index (κ3) is 2.83. The molecule has 0 amide bonds. The van der Waals surface area contributed by atoms with Gasteiger partial charge in [0.2, 0.25) is 0 Å². The smallest absolute Gasteiger partial charge is 0.332 e. The summed E-state index contributed by atoms with van der Waals surface area (Å²) in [5, 5.41) is 17.6. The third-order valence-electron chi connectivity index (χ3n) is 1.97. The molecule has 0 spiro atoms. The normalized spacial score (nSPS) is 12.4. The summed E-state index contributed by atoms with van der Waals surface area (Å²) < 4.78 is 0. The molecule has 1 rings (SSSR count). The quantitative estimate of drug-likeness (QED) is 0.637. The first kappa shape index (κ1) is 10.7. The molecule has 0 radical (unpaired) electrons. The van der Waals surface area contributed by atoms with Gasteiger partial charge in [0.1, 0.15) is 0 Å². The van der Waals surface area contributed by atoms with Crippen molar-refractivity contribution in [2.45, 2.75) is 19.1 Å². The molecule has 0 heterocycles. The first-order valence-corrected chi connectivity index (χ1v) is 4.32.